The summed E-state index contributed by atoms with van der Waals surface area (Å²) >= 11 is 0. The summed E-state index contributed by atoms with van der Waals surface area (Å²) in [5.74, 6) is -0.550. The van der Waals surface area contributed by atoms with Crippen LogP contribution in [0.3, 0.4) is 0 Å². The third kappa shape index (κ3) is 3.65. The number of aryl methyl sites for hydroxylation is 1. The Kier molecular flexibility index (Phi) is 4.23. The molecular weight excluding hydrogens is 339 g/mol. The number of halogens is 3. The predicted octanol–water partition coefficient (Wildman–Crippen LogP) is 2.99. The summed E-state index contributed by atoms with van der Waals surface area (Å²) in [6.45, 7) is 1.76. The van der Waals surface area contributed by atoms with Crippen molar-refractivity contribution in [2.45, 2.75) is 19.5 Å². The van der Waals surface area contributed by atoms with E-state index in [0.29, 0.717) is 11.4 Å². The molecule has 6 nitrogen and oxygen atoms in total. The Labute approximate surface area is 140 Å². The topological polar surface area (TPSA) is 75.4 Å². The Balaban J connectivity index is 1.68. The number of rotatable bonds is 3. The van der Waals surface area contributed by atoms with Gasteiger partial charge in [-0.2, -0.15) is 13.2 Å². The molecule has 1 unspecified atom stereocenters. The largest absolute Gasteiger partial charge is 0.416 e. The molecule has 0 bridgehead atoms. The van der Waals surface area contributed by atoms with Gasteiger partial charge in [0.1, 0.15) is 5.76 Å². The molecule has 9 heteroatoms. The molecule has 0 aliphatic carbocycles. The smallest absolute Gasteiger partial charge is 0.360 e. The number of nitrogens with one attached hydrogen (secondary N) is 1. The number of anilines is 2. The van der Waals surface area contributed by atoms with E-state index >= 15 is 0 Å². The normalized spacial score (nSPS) is 17.8. The highest BCUT2D eigenvalue weighted by atomic mass is 19.4. The maximum Gasteiger partial charge on any atom is 0.416 e. The highest BCUT2D eigenvalue weighted by Crippen LogP contribution is 2.32. The fourth-order valence-corrected chi connectivity index (χ4v) is 2.62. The lowest BCUT2D eigenvalue weighted by molar-refractivity contribution is -0.137. The number of aromatic nitrogens is 1. The maximum atomic E-state index is 12.6. The van der Waals surface area contributed by atoms with Gasteiger partial charge in [-0.05, 0) is 31.2 Å². The van der Waals surface area contributed by atoms with Crippen molar-refractivity contribution in [3.8, 4) is 0 Å². The minimum Gasteiger partial charge on any atom is -0.360 e. The van der Waals surface area contributed by atoms with E-state index < -0.39 is 23.6 Å². The first-order chi connectivity index (χ1) is 11.7. The van der Waals surface area contributed by atoms with E-state index in [1.807, 2.05) is 0 Å². The summed E-state index contributed by atoms with van der Waals surface area (Å²) in [6.07, 6.45) is -4.46. The second-order valence-corrected chi connectivity index (χ2v) is 5.76. The molecule has 2 amide bonds. The maximum absolute atomic E-state index is 12.6. The molecule has 1 saturated heterocycles. The second kappa shape index (κ2) is 6.23. The van der Waals surface area contributed by atoms with Crippen molar-refractivity contribution in [2.24, 2.45) is 5.92 Å². The summed E-state index contributed by atoms with van der Waals surface area (Å²) in [7, 11) is 0. The van der Waals surface area contributed by atoms with Gasteiger partial charge in [0, 0.05) is 24.7 Å². The summed E-state index contributed by atoms with van der Waals surface area (Å²) in [4.78, 5) is 25.6. The van der Waals surface area contributed by atoms with Crippen LogP contribution in [0.25, 0.3) is 0 Å². The van der Waals surface area contributed by atoms with Gasteiger partial charge < -0.3 is 14.7 Å². The number of benzene rings is 1. The first-order valence-corrected chi connectivity index (χ1v) is 7.46. The Hall–Kier alpha value is -2.84. The van der Waals surface area contributed by atoms with Crippen molar-refractivity contribution < 1.29 is 27.3 Å². The van der Waals surface area contributed by atoms with Gasteiger partial charge in [-0.3, -0.25) is 9.59 Å². The van der Waals surface area contributed by atoms with Crippen molar-refractivity contribution in [1.82, 2.24) is 5.16 Å². The van der Waals surface area contributed by atoms with Gasteiger partial charge >= 0.3 is 6.18 Å². The van der Waals surface area contributed by atoms with E-state index in [1.54, 1.807) is 13.0 Å². The SMILES string of the molecule is Cc1cc(NC(=O)C2CC(=O)N(c3ccc(C(F)(F)F)cc3)C2)no1. The standard InChI is InChI=1S/C16H14F3N3O3/c1-9-6-13(21-25-9)20-15(24)10-7-14(23)22(8-10)12-4-2-11(3-5-12)16(17,18)19/h2-6,10H,7-8H2,1H3,(H,20,21,24). The van der Waals surface area contributed by atoms with Crippen molar-refractivity contribution in [3.63, 3.8) is 0 Å². The quantitative estimate of drug-likeness (QED) is 0.920. The van der Waals surface area contributed by atoms with E-state index in [2.05, 4.69) is 10.5 Å². The highest BCUT2D eigenvalue weighted by molar-refractivity contribution is 6.03. The number of amides is 2. The number of hydrogen-bond acceptors (Lipinski definition) is 4. The van der Waals surface area contributed by atoms with Crippen LogP contribution in [-0.2, 0) is 15.8 Å². The Morgan fingerprint density at radius 3 is 2.56 bits per heavy atom. The van der Waals surface area contributed by atoms with Crippen LogP contribution in [0.1, 0.15) is 17.7 Å². The van der Waals surface area contributed by atoms with Crippen LogP contribution in [0.15, 0.2) is 34.9 Å². The molecule has 3 rings (SSSR count). The predicted molar refractivity (Wildman–Crippen MR) is 81.8 cm³/mol. The fraction of sp³-hybridized carbons (Fsp3) is 0.312. The molecule has 132 valence electrons. The summed E-state index contributed by atoms with van der Waals surface area (Å²) < 4.78 is 42.7. The van der Waals surface area contributed by atoms with Crippen LogP contribution in [0, 0.1) is 12.8 Å². The molecule has 25 heavy (non-hydrogen) atoms. The number of carbonyl (C=O) groups excluding carboxylic acids is 2. The molecule has 0 spiro atoms. The molecule has 1 N–H and O–H groups in total. The molecule has 2 heterocycles. The Morgan fingerprint density at radius 1 is 1.32 bits per heavy atom. The van der Waals surface area contributed by atoms with Crippen LogP contribution < -0.4 is 10.2 Å². The summed E-state index contributed by atoms with van der Waals surface area (Å²) in [5, 5.41) is 6.20. The first-order valence-electron chi connectivity index (χ1n) is 7.46. The van der Waals surface area contributed by atoms with Gasteiger partial charge in [0.15, 0.2) is 5.82 Å². The monoisotopic (exact) mass is 353 g/mol. The van der Waals surface area contributed by atoms with Gasteiger partial charge in [-0.1, -0.05) is 5.16 Å². The van der Waals surface area contributed by atoms with Crippen LogP contribution in [0.2, 0.25) is 0 Å². The third-order valence-corrected chi connectivity index (χ3v) is 3.88. The van der Waals surface area contributed by atoms with Crippen molar-refractivity contribution in [3.05, 3.63) is 41.7 Å². The number of carbonyl (C=O) groups is 2. The zero-order valence-electron chi connectivity index (χ0n) is 13.1. The molecule has 0 saturated carbocycles. The van der Waals surface area contributed by atoms with Gasteiger partial charge in [0.2, 0.25) is 11.8 Å². The molecule has 0 radical (unpaired) electrons. The highest BCUT2D eigenvalue weighted by Gasteiger charge is 2.36. The van der Waals surface area contributed by atoms with Gasteiger partial charge in [-0.25, -0.2) is 0 Å². The molecule has 1 aromatic heterocycles. The third-order valence-electron chi connectivity index (χ3n) is 3.88. The lowest BCUT2D eigenvalue weighted by atomic mass is 10.1. The van der Waals surface area contributed by atoms with Crippen LogP contribution in [0.4, 0.5) is 24.7 Å². The zero-order valence-corrected chi connectivity index (χ0v) is 13.1. The van der Waals surface area contributed by atoms with E-state index in [-0.39, 0.29) is 24.7 Å². The van der Waals surface area contributed by atoms with E-state index in [1.165, 1.54) is 17.0 Å². The molecule has 1 aliphatic heterocycles. The number of nitrogens with zero attached hydrogens (tertiary/aromatic N) is 2. The second-order valence-electron chi connectivity index (χ2n) is 5.76. The van der Waals surface area contributed by atoms with Gasteiger partial charge in [0.25, 0.3) is 0 Å². The molecule has 1 atom stereocenters. The van der Waals surface area contributed by atoms with Gasteiger partial charge in [0.05, 0.1) is 11.5 Å². The fourth-order valence-electron chi connectivity index (χ4n) is 2.62. The molecule has 1 aromatic carbocycles. The van der Waals surface area contributed by atoms with Crippen LogP contribution >= 0.6 is 0 Å². The van der Waals surface area contributed by atoms with E-state index in [9.17, 15) is 22.8 Å². The number of hydrogen-bond donors (Lipinski definition) is 1. The van der Waals surface area contributed by atoms with E-state index in [4.69, 9.17) is 4.52 Å². The Morgan fingerprint density at radius 2 is 2.00 bits per heavy atom. The van der Waals surface area contributed by atoms with Crippen LogP contribution in [0.5, 0.6) is 0 Å². The lowest BCUT2D eigenvalue weighted by Crippen LogP contribution is -2.28. The molecule has 2 aromatic rings. The van der Waals surface area contributed by atoms with Crippen LogP contribution in [-0.4, -0.2) is 23.5 Å². The van der Waals surface area contributed by atoms with Crippen molar-refractivity contribution >= 4 is 23.3 Å². The molecular formula is C16H14F3N3O3. The average Bonchev–Trinajstić information content (AvgIpc) is 3.12. The minimum atomic E-state index is -4.44. The average molecular weight is 353 g/mol. The first kappa shape index (κ1) is 17.0. The summed E-state index contributed by atoms with van der Waals surface area (Å²) in [5.41, 5.74) is -0.468. The molecule has 1 aliphatic rings. The van der Waals surface area contributed by atoms with Crippen molar-refractivity contribution in [1.29, 1.82) is 0 Å². The lowest BCUT2D eigenvalue weighted by Gasteiger charge is -2.17. The number of alkyl halides is 3. The zero-order chi connectivity index (χ0) is 18.2. The minimum absolute atomic E-state index is 0.0241. The Bertz CT molecular complexity index is 799. The van der Waals surface area contributed by atoms with Gasteiger partial charge in [-0.15, -0.1) is 0 Å². The van der Waals surface area contributed by atoms with E-state index in [0.717, 1.165) is 12.1 Å². The van der Waals surface area contributed by atoms with Crippen molar-refractivity contribution in [2.75, 3.05) is 16.8 Å². The molecule has 1 fully saturated rings. The summed E-state index contributed by atoms with van der Waals surface area (Å²) in [6, 6.07) is 5.81.